The van der Waals surface area contributed by atoms with Crippen molar-refractivity contribution in [3.05, 3.63) is 28.5 Å². The van der Waals surface area contributed by atoms with Crippen LogP contribution in [0.5, 0.6) is 0 Å². The zero-order valence-corrected chi connectivity index (χ0v) is 20.0. The molecule has 0 amide bonds. The Balaban J connectivity index is 1.90. The van der Waals surface area contributed by atoms with Gasteiger partial charge < -0.3 is 15.0 Å². The number of aryl methyl sites for hydroxylation is 1. The molecule has 8 nitrogen and oxygen atoms in total. The molecule has 0 atom stereocenters. The number of anilines is 1. The quantitative estimate of drug-likeness (QED) is 0.429. The lowest BCUT2D eigenvalue weighted by Crippen LogP contribution is -2.25. The second kappa shape index (κ2) is 9.59. The van der Waals surface area contributed by atoms with E-state index < -0.39 is 10.0 Å². The molecule has 164 valence electrons. The molecular formula is C20H28BrN5O3S. The average molecular weight is 498 g/mol. The molecule has 0 aliphatic carbocycles. The van der Waals surface area contributed by atoms with Crippen LogP contribution in [0.25, 0.3) is 21.9 Å². The second-order valence-electron chi connectivity index (χ2n) is 7.33. The van der Waals surface area contributed by atoms with Gasteiger partial charge in [0.15, 0.2) is 5.82 Å². The molecule has 3 rings (SSSR count). The Morgan fingerprint density at radius 3 is 2.67 bits per heavy atom. The highest BCUT2D eigenvalue weighted by Crippen LogP contribution is 2.31. The minimum atomic E-state index is -3.16. The molecular weight excluding hydrogens is 470 g/mol. The van der Waals surface area contributed by atoms with Crippen LogP contribution in [0.15, 0.2) is 22.7 Å². The van der Waals surface area contributed by atoms with Gasteiger partial charge in [-0.2, -0.15) is 0 Å². The van der Waals surface area contributed by atoms with Gasteiger partial charge in [-0.05, 0) is 38.0 Å². The third kappa shape index (κ3) is 4.93. The molecule has 0 saturated carbocycles. The van der Waals surface area contributed by atoms with Gasteiger partial charge in [0.25, 0.3) is 0 Å². The van der Waals surface area contributed by atoms with Gasteiger partial charge in [-0.25, -0.2) is 22.7 Å². The fourth-order valence-corrected chi connectivity index (χ4v) is 4.67. The van der Waals surface area contributed by atoms with E-state index in [-0.39, 0.29) is 5.75 Å². The van der Waals surface area contributed by atoms with Crippen molar-refractivity contribution in [3.8, 4) is 0 Å². The van der Waals surface area contributed by atoms with Crippen LogP contribution in [0.4, 0.5) is 5.82 Å². The van der Waals surface area contributed by atoms with Crippen LogP contribution in [0, 0.1) is 0 Å². The van der Waals surface area contributed by atoms with Crippen molar-refractivity contribution < 1.29 is 13.2 Å². The molecule has 2 N–H and O–H groups in total. The number of nitrogens with zero attached hydrogens (tertiary/aromatic N) is 4. The Bertz CT molecular complexity index is 1140. The van der Waals surface area contributed by atoms with Crippen molar-refractivity contribution in [1.29, 1.82) is 0 Å². The highest BCUT2D eigenvalue weighted by Gasteiger charge is 2.18. The van der Waals surface area contributed by atoms with Crippen molar-refractivity contribution in [2.24, 2.45) is 0 Å². The van der Waals surface area contributed by atoms with Gasteiger partial charge in [0, 0.05) is 37.1 Å². The van der Waals surface area contributed by atoms with Crippen LogP contribution >= 0.6 is 15.9 Å². The minimum Gasteiger partial charge on any atom is -0.382 e. The van der Waals surface area contributed by atoms with E-state index in [2.05, 4.69) is 25.5 Å². The van der Waals surface area contributed by atoms with E-state index in [4.69, 9.17) is 15.5 Å². The first kappa shape index (κ1) is 22.9. The third-order valence-electron chi connectivity index (χ3n) is 5.02. The number of benzene rings is 1. The Morgan fingerprint density at radius 2 is 1.97 bits per heavy atom. The summed E-state index contributed by atoms with van der Waals surface area (Å²) in [5.74, 6) is 1.35. The Labute approximate surface area is 185 Å². The monoisotopic (exact) mass is 497 g/mol. The van der Waals surface area contributed by atoms with Crippen molar-refractivity contribution in [1.82, 2.24) is 18.8 Å². The number of imidazole rings is 1. The largest absolute Gasteiger partial charge is 0.382 e. The van der Waals surface area contributed by atoms with E-state index in [1.165, 1.54) is 4.31 Å². The first-order valence-electron chi connectivity index (χ1n) is 9.96. The van der Waals surface area contributed by atoms with E-state index in [0.717, 1.165) is 39.6 Å². The summed E-state index contributed by atoms with van der Waals surface area (Å²) < 4.78 is 33.9. The van der Waals surface area contributed by atoms with Crippen molar-refractivity contribution in [2.75, 3.05) is 32.2 Å². The number of sulfonamides is 1. The van der Waals surface area contributed by atoms with Gasteiger partial charge in [-0.15, -0.1) is 0 Å². The number of ether oxygens (including phenoxy) is 1. The number of pyridine rings is 1. The zero-order chi connectivity index (χ0) is 21.9. The molecule has 0 fully saturated rings. The first-order chi connectivity index (χ1) is 14.2. The number of nitrogens with two attached hydrogens (primary N) is 1. The van der Waals surface area contributed by atoms with E-state index in [9.17, 15) is 8.42 Å². The number of unbranched alkanes of at least 4 members (excludes halogenated alkanes) is 2. The number of halogens is 1. The van der Waals surface area contributed by atoms with Gasteiger partial charge in [0.05, 0.1) is 16.8 Å². The summed E-state index contributed by atoms with van der Waals surface area (Å²) in [6.07, 6.45) is 2.24. The predicted octanol–water partition coefficient (Wildman–Crippen LogP) is 3.53. The van der Waals surface area contributed by atoms with Crippen molar-refractivity contribution in [3.63, 3.8) is 0 Å². The molecule has 0 unspecified atom stereocenters. The summed E-state index contributed by atoms with van der Waals surface area (Å²) in [6, 6.07) is 5.93. The maximum absolute atomic E-state index is 12.0. The molecule has 3 aromatic rings. The third-order valence-corrected chi connectivity index (χ3v) is 7.43. The molecule has 0 bridgehead atoms. The van der Waals surface area contributed by atoms with E-state index in [1.54, 1.807) is 14.1 Å². The van der Waals surface area contributed by atoms with E-state index in [1.807, 2.05) is 25.1 Å². The fourth-order valence-electron chi connectivity index (χ4n) is 3.39. The van der Waals surface area contributed by atoms with Crippen LogP contribution in [-0.2, 0) is 27.9 Å². The average Bonchev–Trinajstić information content (AvgIpc) is 3.05. The number of hydrogen-bond acceptors (Lipinski definition) is 6. The van der Waals surface area contributed by atoms with Crippen LogP contribution in [0.3, 0.4) is 0 Å². The zero-order valence-electron chi connectivity index (χ0n) is 17.6. The number of fused-ring (bicyclic) bond motifs is 3. The molecule has 0 radical (unpaired) electrons. The lowest BCUT2D eigenvalue weighted by Gasteiger charge is -2.12. The Morgan fingerprint density at radius 1 is 1.20 bits per heavy atom. The molecule has 1 aromatic carbocycles. The first-order valence-corrected chi connectivity index (χ1v) is 12.4. The van der Waals surface area contributed by atoms with Crippen LogP contribution < -0.4 is 5.73 Å². The SMILES string of the molecule is CCOCc1nc2c(N)nc3cc(Br)ccc3c2n1CCCCCS(=O)(=O)N(C)C. The predicted molar refractivity (Wildman–Crippen MR) is 124 cm³/mol. The standard InChI is InChI=1S/C20H28BrN5O3S/c1-4-29-13-17-24-18-19(15-9-8-14(21)12-16(15)23-20(18)22)26(17)10-6-5-7-11-30(27,28)25(2)3/h8-9,12H,4-7,10-11,13H2,1-3H3,(H2,22,23). The molecule has 2 aromatic heterocycles. The highest BCUT2D eigenvalue weighted by molar-refractivity contribution is 9.10. The minimum absolute atomic E-state index is 0.157. The van der Waals surface area contributed by atoms with E-state index >= 15 is 0 Å². The molecule has 0 aliphatic rings. The van der Waals surface area contributed by atoms with Crippen molar-refractivity contribution >= 4 is 53.7 Å². The molecule has 2 heterocycles. The van der Waals surface area contributed by atoms with E-state index in [0.29, 0.717) is 37.5 Å². The second-order valence-corrected chi connectivity index (χ2v) is 10.5. The van der Waals surface area contributed by atoms with Crippen LogP contribution in [0.1, 0.15) is 32.0 Å². The van der Waals surface area contributed by atoms with Gasteiger partial charge in [-0.1, -0.05) is 22.4 Å². The Hall–Kier alpha value is -1.75. The maximum Gasteiger partial charge on any atom is 0.213 e. The van der Waals surface area contributed by atoms with Crippen molar-refractivity contribution in [2.45, 2.75) is 39.3 Å². The fraction of sp³-hybridized carbons (Fsp3) is 0.500. The Kier molecular flexibility index (Phi) is 7.33. The van der Waals surface area contributed by atoms with Crippen LogP contribution in [-0.4, -0.2) is 53.7 Å². The molecule has 0 aliphatic heterocycles. The van der Waals surface area contributed by atoms with Gasteiger partial charge in [0.1, 0.15) is 17.9 Å². The molecule has 0 spiro atoms. The molecule has 30 heavy (non-hydrogen) atoms. The summed E-state index contributed by atoms with van der Waals surface area (Å²) >= 11 is 3.49. The maximum atomic E-state index is 12.0. The summed E-state index contributed by atoms with van der Waals surface area (Å²) in [7, 11) is -0.0322. The normalized spacial score (nSPS) is 12.4. The summed E-state index contributed by atoms with van der Waals surface area (Å²) in [6.45, 7) is 3.63. The molecule has 0 saturated heterocycles. The van der Waals surface area contributed by atoms with Gasteiger partial charge in [-0.3, -0.25) is 0 Å². The number of nitrogen functional groups attached to an aromatic ring is 1. The summed E-state index contributed by atoms with van der Waals surface area (Å²) in [5, 5.41) is 0.979. The van der Waals surface area contributed by atoms with Gasteiger partial charge in [0.2, 0.25) is 10.0 Å². The number of rotatable bonds is 10. The smallest absolute Gasteiger partial charge is 0.213 e. The van der Waals surface area contributed by atoms with Crippen LogP contribution in [0.2, 0.25) is 0 Å². The topological polar surface area (TPSA) is 103 Å². The lowest BCUT2D eigenvalue weighted by molar-refractivity contribution is 0.126. The summed E-state index contributed by atoms with van der Waals surface area (Å²) in [5.41, 5.74) is 8.64. The summed E-state index contributed by atoms with van der Waals surface area (Å²) in [4.78, 5) is 9.23. The molecule has 10 heteroatoms. The van der Waals surface area contributed by atoms with Gasteiger partial charge >= 0.3 is 0 Å². The highest BCUT2D eigenvalue weighted by atomic mass is 79.9. The number of hydrogen-bond donors (Lipinski definition) is 1. The number of aromatic nitrogens is 3. The lowest BCUT2D eigenvalue weighted by atomic mass is 10.2.